The summed E-state index contributed by atoms with van der Waals surface area (Å²) in [6.45, 7) is 3.61. The van der Waals surface area contributed by atoms with Crippen molar-refractivity contribution >= 4 is 10.9 Å². The number of aryl methyl sites for hydroxylation is 1. The summed E-state index contributed by atoms with van der Waals surface area (Å²) in [5.74, 6) is 0.597. The number of hydrogen-bond donors (Lipinski definition) is 0. The summed E-state index contributed by atoms with van der Waals surface area (Å²) in [4.78, 5) is 14.8. The minimum absolute atomic E-state index is 0.115. The first-order chi connectivity index (χ1) is 10.2. The number of ether oxygens (including phenoxy) is 1. The van der Waals surface area contributed by atoms with E-state index in [2.05, 4.69) is 11.0 Å². The van der Waals surface area contributed by atoms with Gasteiger partial charge in [0.05, 0.1) is 12.1 Å². The molecule has 3 rings (SSSR count). The maximum Gasteiger partial charge on any atom is 0.255 e. The molecule has 1 saturated heterocycles. The van der Waals surface area contributed by atoms with E-state index in [-0.39, 0.29) is 5.56 Å². The third-order valence-electron chi connectivity index (χ3n) is 4.37. The van der Waals surface area contributed by atoms with Gasteiger partial charge in [0.2, 0.25) is 0 Å². The van der Waals surface area contributed by atoms with E-state index in [1.54, 1.807) is 11.7 Å². The fourth-order valence-electron chi connectivity index (χ4n) is 3.27. The Morgan fingerprint density at radius 3 is 2.95 bits per heavy atom. The lowest BCUT2D eigenvalue weighted by Crippen LogP contribution is -2.28. The van der Waals surface area contributed by atoms with Crippen LogP contribution in [0.3, 0.4) is 0 Å². The topological polar surface area (TPSA) is 34.5 Å². The average molecular weight is 286 g/mol. The fourth-order valence-corrected chi connectivity index (χ4v) is 3.27. The molecule has 0 aliphatic carbocycles. The van der Waals surface area contributed by atoms with Crippen molar-refractivity contribution in [2.45, 2.75) is 13.0 Å². The minimum Gasteiger partial charge on any atom is -0.384 e. The lowest BCUT2D eigenvalue weighted by molar-refractivity contribution is 0.152. The summed E-state index contributed by atoms with van der Waals surface area (Å²) < 4.78 is 6.99. The van der Waals surface area contributed by atoms with E-state index < -0.39 is 0 Å². The highest BCUT2D eigenvalue weighted by molar-refractivity contribution is 5.79. The van der Waals surface area contributed by atoms with Crippen LogP contribution < -0.4 is 5.56 Å². The summed E-state index contributed by atoms with van der Waals surface area (Å²) in [6.07, 6.45) is 1.15. The Bertz CT molecular complexity index is 693. The first kappa shape index (κ1) is 14.3. The molecule has 0 N–H and O–H groups in total. The van der Waals surface area contributed by atoms with Gasteiger partial charge < -0.3 is 9.30 Å². The van der Waals surface area contributed by atoms with E-state index in [4.69, 9.17) is 4.74 Å². The Morgan fingerprint density at radius 2 is 2.14 bits per heavy atom. The summed E-state index contributed by atoms with van der Waals surface area (Å²) in [6, 6.07) is 10.1. The predicted octanol–water partition coefficient (Wildman–Crippen LogP) is 2.01. The maximum absolute atomic E-state index is 12.5. The zero-order valence-corrected chi connectivity index (χ0v) is 12.7. The van der Waals surface area contributed by atoms with E-state index >= 15 is 0 Å². The number of hydrogen-bond acceptors (Lipinski definition) is 3. The second-order valence-electron chi connectivity index (χ2n) is 5.94. The largest absolute Gasteiger partial charge is 0.384 e. The van der Waals surface area contributed by atoms with Crippen molar-refractivity contribution in [3.63, 3.8) is 0 Å². The first-order valence-corrected chi connectivity index (χ1v) is 7.48. The van der Waals surface area contributed by atoms with Crippen molar-refractivity contribution in [1.29, 1.82) is 0 Å². The van der Waals surface area contributed by atoms with Crippen LogP contribution >= 0.6 is 0 Å². The van der Waals surface area contributed by atoms with Crippen LogP contribution in [0.1, 0.15) is 12.0 Å². The van der Waals surface area contributed by atoms with Gasteiger partial charge in [-0.2, -0.15) is 0 Å². The highest BCUT2D eigenvalue weighted by Crippen LogP contribution is 2.19. The molecule has 0 saturated carbocycles. The maximum atomic E-state index is 12.5. The van der Waals surface area contributed by atoms with Crippen LogP contribution in [0, 0.1) is 5.92 Å². The molecule has 1 fully saturated rings. The van der Waals surface area contributed by atoms with Gasteiger partial charge in [-0.05, 0) is 36.4 Å². The van der Waals surface area contributed by atoms with Crippen molar-refractivity contribution in [1.82, 2.24) is 9.47 Å². The number of methoxy groups -OCH3 is 1. The Kier molecular flexibility index (Phi) is 4.08. The summed E-state index contributed by atoms with van der Waals surface area (Å²) in [5, 5.41) is 1.13. The molecule has 0 amide bonds. The lowest BCUT2D eigenvalue weighted by Gasteiger charge is -2.17. The van der Waals surface area contributed by atoms with E-state index in [0.717, 1.165) is 49.1 Å². The number of likely N-dealkylation sites (tertiary alicyclic amines) is 1. The van der Waals surface area contributed by atoms with E-state index in [0.29, 0.717) is 5.92 Å². The monoisotopic (exact) mass is 286 g/mol. The number of fused-ring (bicyclic) bond motifs is 1. The van der Waals surface area contributed by atoms with E-state index in [1.807, 2.05) is 31.3 Å². The molecule has 1 atom stereocenters. The molecule has 1 aromatic carbocycles. The molecule has 4 heteroatoms. The standard InChI is InChI=1S/C17H22N2O2/c1-18-16-6-4-3-5-14(16)9-15(17(18)20)11-19-8-7-13(10-19)12-21-2/h3-6,9,13H,7-8,10-12H2,1-2H3/t13-/m0/s1. The predicted molar refractivity (Wildman–Crippen MR) is 84.4 cm³/mol. The number of benzene rings is 1. The molecular weight excluding hydrogens is 264 g/mol. The number of nitrogens with zero attached hydrogens (tertiary/aromatic N) is 2. The number of para-hydroxylation sites is 1. The molecule has 0 radical (unpaired) electrons. The summed E-state index contributed by atoms with van der Waals surface area (Å²) >= 11 is 0. The molecule has 4 nitrogen and oxygen atoms in total. The van der Waals surface area contributed by atoms with Gasteiger partial charge in [-0.3, -0.25) is 9.69 Å². The van der Waals surface area contributed by atoms with Crippen molar-refractivity contribution in [3.8, 4) is 0 Å². The quantitative estimate of drug-likeness (QED) is 0.862. The molecular formula is C17H22N2O2. The first-order valence-electron chi connectivity index (χ1n) is 7.48. The van der Waals surface area contributed by atoms with Gasteiger partial charge >= 0.3 is 0 Å². The van der Waals surface area contributed by atoms with Crippen molar-refractivity contribution in [2.75, 3.05) is 26.8 Å². The van der Waals surface area contributed by atoms with Gasteiger partial charge in [0.25, 0.3) is 5.56 Å². The van der Waals surface area contributed by atoms with Crippen molar-refractivity contribution < 1.29 is 4.74 Å². The third-order valence-corrected chi connectivity index (χ3v) is 4.37. The van der Waals surface area contributed by atoms with Gasteiger partial charge in [-0.25, -0.2) is 0 Å². The van der Waals surface area contributed by atoms with Crippen LogP contribution in [0.4, 0.5) is 0 Å². The zero-order chi connectivity index (χ0) is 14.8. The van der Waals surface area contributed by atoms with Crippen LogP contribution in [0.15, 0.2) is 35.1 Å². The van der Waals surface area contributed by atoms with Crippen LogP contribution in [0.5, 0.6) is 0 Å². The lowest BCUT2D eigenvalue weighted by atomic mass is 10.1. The molecule has 21 heavy (non-hydrogen) atoms. The average Bonchev–Trinajstić information content (AvgIpc) is 2.92. The Balaban J connectivity index is 1.85. The number of aromatic nitrogens is 1. The smallest absolute Gasteiger partial charge is 0.255 e. The van der Waals surface area contributed by atoms with Crippen LogP contribution in [0.25, 0.3) is 10.9 Å². The van der Waals surface area contributed by atoms with E-state index in [1.165, 1.54) is 0 Å². The molecule has 1 aromatic heterocycles. The summed E-state index contributed by atoms with van der Waals surface area (Å²) in [5.41, 5.74) is 1.99. The highest BCUT2D eigenvalue weighted by Gasteiger charge is 2.23. The summed E-state index contributed by atoms with van der Waals surface area (Å²) in [7, 11) is 3.60. The molecule has 0 unspecified atom stereocenters. The number of rotatable bonds is 4. The van der Waals surface area contributed by atoms with Crippen LogP contribution in [0.2, 0.25) is 0 Å². The van der Waals surface area contributed by atoms with Crippen LogP contribution in [-0.4, -0.2) is 36.3 Å². The molecule has 2 heterocycles. The van der Waals surface area contributed by atoms with Gasteiger partial charge in [-0.15, -0.1) is 0 Å². The fraction of sp³-hybridized carbons (Fsp3) is 0.471. The van der Waals surface area contributed by atoms with Crippen LogP contribution in [-0.2, 0) is 18.3 Å². The van der Waals surface area contributed by atoms with Gasteiger partial charge in [0.15, 0.2) is 0 Å². The molecule has 1 aliphatic rings. The SMILES string of the molecule is COC[C@H]1CCN(Cc2cc3ccccc3n(C)c2=O)C1. The molecule has 2 aromatic rings. The normalized spacial score (nSPS) is 19.4. The zero-order valence-electron chi connectivity index (χ0n) is 12.7. The highest BCUT2D eigenvalue weighted by atomic mass is 16.5. The van der Waals surface area contributed by atoms with E-state index in [9.17, 15) is 4.79 Å². The number of pyridine rings is 1. The molecule has 1 aliphatic heterocycles. The molecule has 0 spiro atoms. The Labute approximate surface area is 124 Å². The van der Waals surface area contributed by atoms with Gasteiger partial charge in [0, 0.05) is 32.8 Å². The minimum atomic E-state index is 0.115. The van der Waals surface area contributed by atoms with Crippen molar-refractivity contribution in [2.24, 2.45) is 13.0 Å². The third kappa shape index (κ3) is 2.87. The van der Waals surface area contributed by atoms with Gasteiger partial charge in [-0.1, -0.05) is 18.2 Å². The van der Waals surface area contributed by atoms with Crippen molar-refractivity contribution in [3.05, 3.63) is 46.2 Å². The van der Waals surface area contributed by atoms with Gasteiger partial charge in [0.1, 0.15) is 0 Å². The molecule has 0 bridgehead atoms. The second-order valence-corrected chi connectivity index (χ2v) is 5.94. The second kappa shape index (κ2) is 6.00. The molecule has 112 valence electrons. The Hall–Kier alpha value is -1.65. The Morgan fingerprint density at radius 1 is 1.33 bits per heavy atom.